The molecule has 1 fully saturated rings. The van der Waals surface area contributed by atoms with Crippen LogP contribution in [0.15, 0.2) is 48.0 Å². The Morgan fingerprint density at radius 1 is 1.04 bits per heavy atom. The first-order chi connectivity index (χ1) is 12.9. The highest BCUT2D eigenvalue weighted by atomic mass is 127. The molecule has 0 unspecified atom stereocenters. The van der Waals surface area contributed by atoms with Gasteiger partial charge in [-0.2, -0.15) is 0 Å². The lowest BCUT2D eigenvalue weighted by atomic mass is 10.2. The summed E-state index contributed by atoms with van der Waals surface area (Å²) in [6, 6.07) is 10.6. The van der Waals surface area contributed by atoms with Crippen LogP contribution in [0, 0.1) is 0 Å². The third-order valence-electron chi connectivity index (χ3n) is 4.59. The van der Waals surface area contributed by atoms with Crippen LogP contribution in [0.2, 0.25) is 0 Å². The van der Waals surface area contributed by atoms with Crippen molar-refractivity contribution in [3.63, 3.8) is 0 Å². The Hall–Kier alpha value is -1.84. The molecule has 1 N–H and O–H groups in total. The predicted octanol–water partition coefficient (Wildman–Crippen LogP) is 2.46. The average Bonchev–Trinajstić information content (AvgIpc) is 3.21. The van der Waals surface area contributed by atoms with E-state index >= 15 is 0 Å². The summed E-state index contributed by atoms with van der Waals surface area (Å²) in [5.74, 6) is 1.05. The zero-order valence-electron chi connectivity index (χ0n) is 16.0. The Kier molecular flexibility index (Phi) is 9.37. The monoisotopic (exact) mass is 483 g/mol. The maximum Gasteiger partial charge on any atom is 0.194 e. The number of para-hydroxylation sites is 1. The second-order valence-electron chi connectivity index (χ2n) is 6.45. The Balaban J connectivity index is 0.00000261. The molecule has 0 atom stereocenters. The molecule has 0 amide bonds. The third kappa shape index (κ3) is 6.67. The number of aryl methyl sites for hydroxylation is 1. The van der Waals surface area contributed by atoms with Crippen LogP contribution in [0.3, 0.4) is 0 Å². The highest BCUT2D eigenvalue weighted by Crippen LogP contribution is 2.15. The van der Waals surface area contributed by atoms with Crippen molar-refractivity contribution in [2.24, 2.45) is 4.99 Å². The van der Waals surface area contributed by atoms with Crippen LogP contribution in [0.4, 0.5) is 5.69 Å². The number of hydrogen-bond donors (Lipinski definition) is 1. The largest absolute Gasteiger partial charge is 0.368 e. The van der Waals surface area contributed by atoms with Gasteiger partial charge in [-0.05, 0) is 31.9 Å². The van der Waals surface area contributed by atoms with E-state index in [1.54, 1.807) is 12.7 Å². The minimum absolute atomic E-state index is 0. The van der Waals surface area contributed by atoms with Gasteiger partial charge in [-0.1, -0.05) is 18.2 Å². The molecule has 148 valence electrons. The molecular formula is C19H30IN7. The first-order valence-electron chi connectivity index (χ1n) is 9.52. The number of nitrogens with one attached hydrogen (secondary N) is 1. The second kappa shape index (κ2) is 11.8. The standard InChI is InChI=1S/C19H29N7.HI/c1-2-20-19(21-10-6-7-11-24-16-22-23-17-24)26-14-12-25(13-15-26)18-8-4-3-5-9-18;/h3-5,8-9,16-17H,2,6-7,10-15H2,1H3,(H,20,21);1H. The molecule has 3 rings (SSSR count). The van der Waals surface area contributed by atoms with Gasteiger partial charge >= 0.3 is 0 Å². The number of aliphatic imine (C=N–C) groups is 1. The Bertz CT molecular complexity index is 652. The van der Waals surface area contributed by atoms with Crippen LogP contribution in [-0.2, 0) is 6.54 Å². The van der Waals surface area contributed by atoms with Crippen LogP contribution in [-0.4, -0.2) is 64.9 Å². The number of halogens is 1. The zero-order valence-corrected chi connectivity index (χ0v) is 18.3. The smallest absolute Gasteiger partial charge is 0.194 e. The molecule has 0 aliphatic carbocycles. The number of nitrogens with zero attached hydrogens (tertiary/aromatic N) is 6. The Morgan fingerprint density at radius 3 is 2.41 bits per heavy atom. The van der Waals surface area contributed by atoms with Crippen LogP contribution >= 0.6 is 24.0 Å². The van der Waals surface area contributed by atoms with Gasteiger partial charge in [0.05, 0.1) is 0 Å². The molecule has 0 saturated carbocycles. The normalized spacial score (nSPS) is 14.8. The van der Waals surface area contributed by atoms with E-state index in [0.717, 1.165) is 64.6 Å². The first kappa shape index (κ1) is 21.5. The van der Waals surface area contributed by atoms with Gasteiger partial charge in [-0.25, -0.2) is 0 Å². The summed E-state index contributed by atoms with van der Waals surface area (Å²) < 4.78 is 2.01. The molecule has 1 aliphatic rings. The summed E-state index contributed by atoms with van der Waals surface area (Å²) in [6.45, 7) is 8.89. The van der Waals surface area contributed by atoms with E-state index in [4.69, 9.17) is 4.99 Å². The first-order valence-corrected chi connectivity index (χ1v) is 9.52. The summed E-state index contributed by atoms with van der Waals surface area (Å²) in [6.07, 6.45) is 5.68. The van der Waals surface area contributed by atoms with E-state index in [1.807, 2.05) is 4.57 Å². The minimum atomic E-state index is 0. The van der Waals surface area contributed by atoms with Crippen LogP contribution < -0.4 is 10.2 Å². The number of guanidine groups is 1. The van der Waals surface area contributed by atoms with Crippen LogP contribution in [0.1, 0.15) is 19.8 Å². The number of benzene rings is 1. The number of aromatic nitrogens is 3. The molecule has 0 spiro atoms. The molecule has 1 aromatic heterocycles. The minimum Gasteiger partial charge on any atom is -0.368 e. The summed E-state index contributed by atoms with van der Waals surface area (Å²) >= 11 is 0. The summed E-state index contributed by atoms with van der Waals surface area (Å²) in [7, 11) is 0. The topological polar surface area (TPSA) is 61.6 Å². The number of hydrogen-bond acceptors (Lipinski definition) is 4. The van der Waals surface area contributed by atoms with Gasteiger partial charge in [-0.15, -0.1) is 34.2 Å². The fourth-order valence-corrected chi connectivity index (χ4v) is 3.17. The fraction of sp³-hybridized carbons (Fsp3) is 0.526. The van der Waals surface area contributed by atoms with Gasteiger partial charge in [0.15, 0.2) is 5.96 Å². The summed E-state index contributed by atoms with van der Waals surface area (Å²) in [5, 5.41) is 11.1. The van der Waals surface area contributed by atoms with Crippen LogP contribution in [0.5, 0.6) is 0 Å². The predicted molar refractivity (Wildman–Crippen MR) is 121 cm³/mol. The molecule has 0 bridgehead atoms. The van der Waals surface area contributed by atoms with Gasteiger partial charge in [0, 0.05) is 51.5 Å². The van der Waals surface area contributed by atoms with Gasteiger partial charge in [0.1, 0.15) is 12.7 Å². The lowest BCUT2D eigenvalue weighted by Gasteiger charge is -2.37. The number of rotatable bonds is 7. The lowest BCUT2D eigenvalue weighted by Crippen LogP contribution is -2.52. The van der Waals surface area contributed by atoms with Gasteiger partial charge in [-0.3, -0.25) is 4.99 Å². The van der Waals surface area contributed by atoms with Crippen molar-refractivity contribution in [3.8, 4) is 0 Å². The number of unbranched alkanes of at least 4 members (excludes halogenated alkanes) is 1. The summed E-state index contributed by atoms with van der Waals surface area (Å²) in [4.78, 5) is 9.65. The molecule has 1 saturated heterocycles. The molecular weight excluding hydrogens is 453 g/mol. The fourth-order valence-electron chi connectivity index (χ4n) is 3.17. The molecule has 2 aromatic rings. The Morgan fingerprint density at radius 2 is 1.74 bits per heavy atom. The number of anilines is 1. The van der Waals surface area contributed by atoms with E-state index in [2.05, 4.69) is 62.6 Å². The second-order valence-corrected chi connectivity index (χ2v) is 6.45. The van der Waals surface area contributed by atoms with Gasteiger partial charge in [0.2, 0.25) is 0 Å². The highest BCUT2D eigenvalue weighted by Gasteiger charge is 2.19. The highest BCUT2D eigenvalue weighted by molar-refractivity contribution is 14.0. The third-order valence-corrected chi connectivity index (χ3v) is 4.59. The molecule has 1 aromatic carbocycles. The van der Waals surface area contributed by atoms with Crippen molar-refractivity contribution in [1.82, 2.24) is 25.0 Å². The zero-order chi connectivity index (χ0) is 18.0. The molecule has 2 heterocycles. The average molecular weight is 483 g/mol. The van der Waals surface area contributed by atoms with E-state index in [1.165, 1.54) is 5.69 Å². The van der Waals surface area contributed by atoms with Crippen molar-refractivity contribution in [2.45, 2.75) is 26.3 Å². The van der Waals surface area contributed by atoms with Crippen molar-refractivity contribution < 1.29 is 0 Å². The van der Waals surface area contributed by atoms with Crippen molar-refractivity contribution >= 4 is 35.6 Å². The molecule has 7 nitrogen and oxygen atoms in total. The molecule has 0 radical (unpaired) electrons. The van der Waals surface area contributed by atoms with Crippen molar-refractivity contribution in [2.75, 3.05) is 44.2 Å². The van der Waals surface area contributed by atoms with E-state index in [-0.39, 0.29) is 24.0 Å². The van der Waals surface area contributed by atoms with Crippen LogP contribution in [0.25, 0.3) is 0 Å². The quantitative estimate of drug-likeness (QED) is 0.284. The molecule has 1 aliphatic heterocycles. The maximum atomic E-state index is 4.83. The van der Waals surface area contributed by atoms with Gasteiger partial charge in [0.25, 0.3) is 0 Å². The maximum absolute atomic E-state index is 4.83. The summed E-state index contributed by atoms with van der Waals surface area (Å²) in [5.41, 5.74) is 1.31. The molecule has 8 heteroatoms. The number of piperazine rings is 1. The lowest BCUT2D eigenvalue weighted by molar-refractivity contribution is 0.372. The Labute approximate surface area is 178 Å². The van der Waals surface area contributed by atoms with Crippen molar-refractivity contribution in [3.05, 3.63) is 43.0 Å². The van der Waals surface area contributed by atoms with E-state index < -0.39 is 0 Å². The molecule has 27 heavy (non-hydrogen) atoms. The van der Waals surface area contributed by atoms with Gasteiger partial charge < -0.3 is 19.7 Å². The SMILES string of the molecule is CCNC(=NCCCCn1cnnc1)N1CCN(c2ccccc2)CC1.I. The van der Waals surface area contributed by atoms with E-state index in [0.29, 0.717) is 0 Å². The van der Waals surface area contributed by atoms with E-state index in [9.17, 15) is 0 Å². The van der Waals surface area contributed by atoms with Crippen molar-refractivity contribution in [1.29, 1.82) is 0 Å².